The third-order valence-corrected chi connectivity index (χ3v) is 4.35. The molecular formula is C15H20ClNO2. The molecule has 0 unspecified atom stereocenters. The summed E-state index contributed by atoms with van der Waals surface area (Å²) in [6, 6.07) is 3.94. The highest BCUT2D eigenvalue weighted by molar-refractivity contribution is 6.30. The Hall–Kier alpha value is -0.770. The molecule has 3 nitrogen and oxygen atoms in total. The largest absolute Gasteiger partial charge is 0.493 e. The summed E-state index contributed by atoms with van der Waals surface area (Å²) < 4.78 is 5.67. The summed E-state index contributed by atoms with van der Waals surface area (Å²) in [5.74, 6) is 0.982. The maximum absolute atomic E-state index is 10.3. The molecule has 0 atom stereocenters. The second-order valence-corrected chi connectivity index (χ2v) is 6.12. The normalized spacial score (nSPS) is 20.3. The van der Waals surface area contributed by atoms with Gasteiger partial charge in [0.25, 0.3) is 0 Å². The summed E-state index contributed by atoms with van der Waals surface area (Å²) in [7, 11) is 0. The molecule has 4 heteroatoms. The van der Waals surface area contributed by atoms with Crippen LogP contribution in [0.4, 0.5) is 0 Å². The van der Waals surface area contributed by atoms with Crippen LogP contribution < -0.4 is 10.1 Å². The number of rotatable bonds is 4. The van der Waals surface area contributed by atoms with Crippen LogP contribution >= 0.6 is 11.6 Å². The summed E-state index contributed by atoms with van der Waals surface area (Å²) in [4.78, 5) is 0. The number of ether oxygens (including phenoxy) is 1. The van der Waals surface area contributed by atoms with E-state index in [0.717, 1.165) is 55.0 Å². The lowest BCUT2D eigenvalue weighted by atomic mass is 10.0. The summed E-state index contributed by atoms with van der Waals surface area (Å²) in [6.45, 7) is 2.09. The molecule has 0 bridgehead atoms. The van der Waals surface area contributed by atoms with E-state index in [1.807, 2.05) is 12.1 Å². The van der Waals surface area contributed by atoms with Gasteiger partial charge in [-0.15, -0.1) is 0 Å². The number of hydrogen-bond acceptors (Lipinski definition) is 3. The quantitative estimate of drug-likeness (QED) is 0.892. The second-order valence-electron chi connectivity index (χ2n) is 5.69. The predicted octanol–water partition coefficient (Wildman–Crippen LogP) is 2.67. The highest BCUT2D eigenvalue weighted by Gasteiger charge is 2.30. The van der Waals surface area contributed by atoms with Crippen molar-refractivity contribution in [2.24, 2.45) is 0 Å². The van der Waals surface area contributed by atoms with E-state index < -0.39 is 5.60 Å². The fourth-order valence-electron chi connectivity index (χ4n) is 3.12. The van der Waals surface area contributed by atoms with Gasteiger partial charge in [0.05, 0.1) is 12.2 Å². The van der Waals surface area contributed by atoms with Gasteiger partial charge in [0.15, 0.2) is 0 Å². The molecule has 104 valence electrons. The number of aliphatic hydroxyl groups is 1. The van der Waals surface area contributed by atoms with Crippen LogP contribution in [-0.4, -0.2) is 23.9 Å². The van der Waals surface area contributed by atoms with Gasteiger partial charge in [-0.25, -0.2) is 0 Å². The molecule has 0 spiro atoms. The van der Waals surface area contributed by atoms with Crippen LogP contribution in [0.25, 0.3) is 0 Å². The van der Waals surface area contributed by atoms with Gasteiger partial charge in [0.1, 0.15) is 5.75 Å². The molecule has 3 rings (SSSR count). The van der Waals surface area contributed by atoms with Crippen molar-refractivity contribution >= 4 is 11.6 Å². The Kier molecular flexibility index (Phi) is 3.70. The van der Waals surface area contributed by atoms with Crippen LogP contribution in [0.3, 0.4) is 0 Å². The first-order valence-electron chi connectivity index (χ1n) is 7.03. The summed E-state index contributed by atoms with van der Waals surface area (Å²) in [6.07, 6.45) is 5.02. The van der Waals surface area contributed by atoms with Crippen LogP contribution in [0, 0.1) is 0 Å². The van der Waals surface area contributed by atoms with E-state index in [0.29, 0.717) is 13.1 Å². The Morgan fingerprint density at radius 1 is 1.32 bits per heavy atom. The molecule has 1 aromatic rings. The van der Waals surface area contributed by atoms with Crippen molar-refractivity contribution < 1.29 is 9.84 Å². The van der Waals surface area contributed by atoms with Crippen LogP contribution in [0.1, 0.15) is 36.8 Å². The minimum atomic E-state index is -0.511. The third kappa shape index (κ3) is 2.88. The van der Waals surface area contributed by atoms with Crippen molar-refractivity contribution in [1.29, 1.82) is 0 Å². The molecule has 1 aliphatic heterocycles. The van der Waals surface area contributed by atoms with Gasteiger partial charge >= 0.3 is 0 Å². The number of halogens is 1. The fourth-order valence-corrected chi connectivity index (χ4v) is 3.38. The molecule has 0 aromatic heterocycles. The Bertz CT molecular complexity index is 469. The first-order valence-corrected chi connectivity index (χ1v) is 7.41. The van der Waals surface area contributed by atoms with E-state index in [1.165, 1.54) is 5.56 Å². The second kappa shape index (κ2) is 5.31. The van der Waals surface area contributed by atoms with Gasteiger partial charge in [-0.2, -0.15) is 0 Å². The Balaban J connectivity index is 1.64. The minimum absolute atomic E-state index is 0.511. The van der Waals surface area contributed by atoms with E-state index in [-0.39, 0.29) is 0 Å². The van der Waals surface area contributed by atoms with E-state index in [1.54, 1.807) is 0 Å². The third-order valence-electron chi connectivity index (χ3n) is 4.13. The summed E-state index contributed by atoms with van der Waals surface area (Å²) in [5.41, 5.74) is 1.79. The standard InChI is InChI=1S/C15H20ClNO2/c16-13-7-11-3-6-19-14(11)12(8-13)9-17-10-15(18)4-1-2-5-15/h7-8,17-18H,1-6,9-10H2. The molecule has 0 radical (unpaired) electrons. The Labute approximate surface area is 118 Å². The minimum Gasteiger partial charge on any atom is -0.493 e. The van der Waals surface area contributed by atoms with Crippen molar-refractivity contribution in [1.82, 2.24) is 5.32 Å². The van der Waals surface area contributed by atoms with Crippen molar-refractivity contribution in [3.05, 3.63) is 28.3 Å². The smallest absolute Gasteiger partial charge is 0.127 e. The zero-order valence-electron chi connectivity index (χ0n) is 11.0. The van der Waals surface area contributed by atoms with Gasteiger partial charge in [0.2, 0.25) is 0 Å². The Morgan fingerprint density at radius 3 is 2.89 bits per heavy atom. The lowest BCUT2D eigenvalue weighted by Crippen LogP contribution is -2.37. The van der Waals surface area contributed by atoms with Gasteiger partial charge in [0, 0.05) is 30.1 Å². The highest BCUT2D eigenvalue weighted by Crippen LogP contribution is 2.33. The Morgan fingerprint density at radius 2 is 2.11 bits per heavy atom. The topological polar surface area (TPSA) is 41.5 Å². The summed E-state index contributed by atoms with van der Waals surface area (Å²) in [5, 5.41) is 14.4. The van der Waals surface area contributed by atoms with Gasteiger partial charge in [-0.3, -0.25) is 0 Å². The molecule has 1 fully saturated rings. The van der Waals surface area contributed by atoms with Crippen molar-refractivity contribution in [2.45, 2.75) is 44.2 Å². The molecule has 0 saturated heterocycles. The average Bonchev–Trinajstić information content (AvgIpc) is 2.98. The zero-order valence-corrected chi connectivity index (χ0v) is 11.8. The van der Waals surface area contributed by atoms with E-state index in [2.05, 4.69) is 5.32 Å². The molecule has 0 amide bonds. The number of nitrogens with one attached hydrogen (secondary N) is 1. The van der Waals surface area contributed by atoms with Crippen molar-refractivity contribution in [3.63, 3.8) is 0 Å². The molecule has 19 heavy (non-hydrogen) atoms. The molecule has 2 N–H and O–H groups in total. The number of fused-ring (bicyclic) bond motifs is 1. The lowest BCUT2D eigenvalue weighted by molar-refractivity contribution is 0.0474. The van der Waals surface area contributed by atoms with Crippen molar-refractivity contribution in [2.75, 3.05) is 13.2 Å². The first-order chi connectivity index (χ1) is 9.16. The average molecular weight is 282 g/mol. The zero-order chi connectivity index (χ0) is 13.3. The highest BCUT2D eigenvalue weighted by atomic mass is 35.5. The van der Waals surface area contributed by atoms with Crippen LogP contribution in [0.2, 0.25) is 5.02 Å². The maximum Gasteiger partial charge on any atom is 0.127 e. The van der Waals surface area contributed by atoms with Crippen LogP contribution in [-0.2, 0) is 13.0 Å². The first kappa shape index (κ1) is 13.2. The van der Waals surface area contributed by atoms with Crippen LogP contribution in [0.5, 0.6) is 5.75 Å². The van der Waals surface area contributed by atoms with E-state index >= 15 is 0 Å². The molecule has 1 saturated carbocycles. The van der Waals surface area contributed by atoms with Gasteiger partial charge in [-0.05, 0) is 30.5 Å². The molecule has 1 aliphatic carbocycles. The predicted molar refractivity (Wildman–Crippen MR) is 75.8 cm³/mol. The van der Waals surface area contributed by atoms with Crippen LogP contribution in [0.15, 0.2) is 12.1 Å². The molecular weight excluding hydrogens is 262 g/mol. The van der Waals surface area contributed by atoms with Gasteiger partial charge in [-0.1, -0.05) is 24.4 Å². The molecule has 2 aliphatic rings. The van der Waals surface area contributed by atoms with E-state index in [9.17, 15) is 5.11 Å². The SMILES string of the molecule is OC1(CNCc2cc(Cl)cc3c2OCC3)CCCC1. The van der Waals surface area contributed by atoms with E-state index in [4.69, 9.17) is 16.3 Å². The summed E-state index contributed by atoms with van der Waals surface area (Å²) >= 11 is 6.13. The van der Waals surface area contributed by atoms with Crippen molar-refractivity contribution in [3.8, 4) is 5.75 Å². The monoisotopic (exact) mass is 281 g/mol. The van der Waals surface area contributed by atoms with Gasteiger partial charge < -0.3 is 15.2 Å². The fraction of sp³-hybridized carbons (Fsp3) is 0.600. The number of benzene rings is 1. The number of hydrogen-bond donors (Lipinski definition) is 2. The maximum atomic E-state index is 10.3. The molecule has 1 aromatic carbocycles. The lowest BCUT2D eigenvalue weighted by Gasteiger charge is -2.22. The molecule has 1 heterocycles.